The summed E-state index contributed by atoms with van der Waals surface area (Å²) in [5.41, 5.74) is 5.61. The lowest BCUT2D eigenvalue weighted by Crippen LogP contribution is -2.36. The van der Waals surface area contributed by atoms with Gasteiger partial charge in [-0.25, -0.2) is 4.63 Å². The van der Waals surface area contributed by atoms with E-state index in [9.17, 15) is 4.79 Å². The first kappa shape index (κ1) is 12.6. The van der Waals surface area contributed by atoms with Crippen LogP contribution in [0.25, 0.3) is 0 Å². The number of rotatable bonds is 4. The van der Waals surface area contributed by atoms with Gasteiger partial charge in [-0.2, -0.15) is 0 Å². The van der Waals surface area contributed by atoms with Crippen molar-refractivity contribution in [2.45, 2.75) is 26.4 Å². The van der Waals surface area contributed by atoms with E-state index in [-0.39, 0.29) is 23.5 Å². The van der Waals surface area contributed by atoms with Gasteiger partial charge in [-0.3, -0.25) is 4.79 Å². The van der Waals surface area contributed by atoms with Crippen molar-refractivity contribution in [3.63, 3.8) is 0 Å². The number of amides is 1. The number of nitrogen functional groups attached to an aromatic ring is 1. The van der Waals surface area contributed by atoms with E-state index in [0.717, 1.165) is 4.88 Å². The minimum atomic E-state index is -0.267. The van der Waals surface area contributed by atoms with Crippen LogP contribution in [0.4, 0.5) is 5.82 Å². The number of hydrogen-bond donors (Lipinski definition) is 1. The van der Waals surface area contributed by atoms with Crippen molar-refractivity contribution in [2.24, 2.45) is 0 Å². The molecule has 2 rings (SSSR count). The normalized spacial score (nSPS) is 10.8. The van der Waals surface area contributed by atoms with Crippen LogP contribution in [0.1, 0.15) is 29.2 Å². The Hall–Kier alpha value is -1.89. The standard InChI is InChI=1S/C11H14N4O2S/c1-7(2)15(6-8-4-3-5-18-8)11(16)9-10(12)14-17-13-9/h3-5,7H,6H2,1-2H3,(H2,12,14). The smallest absolute Gasteiger partial charge is 0.280 e. The highest BCUT2D eigenvalue weighted by molar-refractivity contribution is 7.09. The first-order chi connectivity index (χ1) is 8.59. The maximum Gasteiger partial charge on any atom is 0.280 e. The zero-order valence-electron chi connectivity index (χ0n) is 10.2. The summed E-state index contributed by atoms with van der Waals surface area (Å²) in [5.74, 6) is -0.242. The van der Waals surface area contributed by atoms with Gasteiger partial charge in [0.25, 0.3) is 5.91 Å². The van der Waals surface area contributed by atoms with Crippen LogP contribution in [0.3, 0.4) is 0 Å². The van der Waals surface area contributed by atoms with Gasteiger partial charge in [-0.15, -0.1) is 11.3 Å². The van der Waals surface area contributed by atoms with Gasteiger partial charge in [0, 0.05) is 10.9 Å². The van der Waals surface area contributed by atoms with E-state index in [1.165, 1.54) is 0 Å². The van der Waals surface area contributed by atoms with E-state index in [4.69, 9.17) is 5.73 Å². The topological polar surface area (TPSA) is 85.2 Å². The molecule has 2 heterocycles. The minimum absolute atomic E-state index is 0.0248. The molecular weight excluding hydrogens is 252 g/mol. The summed E-state index contributed by atoms with van der Waals surface area (Å²) >= 11 is 1.60. The predicted octanol–water partition coefficient (Wildman–Crippen LogP) is 1.76. The van der Waals surface area contributed by atoms with Gasteiger partial charge in [0.2, 0.25) is 11.5 Å². The highest BCUT2D eigenvalue weighted by Crippen LogP contribution is 2.17. The number of nitrogens with zero attached hydrogens (tertiary/aromatic N) is 3. The quantitative estimate of drug-likeness (QED) is 0.911. The predicted molar refractivity (Wildman–Crippen MR) is 68.0 cm³/mol. The van der Waals surface area contributed by atoms with Crippen molar-refractivity contribution in [1.82, 2.24) is 15.2 Å². The largest absolute Gasteiger partial charge is 0.379 e. The zero-order chi connectivity index (χ0) is 13.1. The molecule has 0 aliphatic rings. The van der Waals surface area contributed by atoms with Gasteiger partial charge in [0.05, 0.1) is 6.54 Å². The van der Waals surface area contributed by atoms with Crippen molar-refractivity contribution >= 4 is 23.1 Å². The van der Waals surface area contributed by atoms with Gasteiger partial charge < -0.3 is 10.6 Å². The van der Waals surface area contributed by atoms with Crippen LogP contribution in [0.5, 0.6) is 0 Å². The number of aromatic nitrogens is 2. The molecule has 0 spiro atoms. The summed E-state index contributed by atoms with van der Waals surface area (Å²) in [6.07, 6.45) is 0. The molecule has 0 bridgehead atoms. The van der Waals surface area contributed by atoms with Crippen molar-refractivity contribution in [3.05, 3.63) is 28.1 Å². The Kier molecular flexibility index (Phi) is 3.61. The number of thiophene rings is 1. The summed E-state index contributed by atoms with van der Waals surface area (Å²) in [7, 11) is 0. The van der Waals surface area contributed by atoms with Crippen molar-refractivity contribution in [1.29, 1.82) is 0 Å². The Morgan fingerprint density at radius 1 is 1.56 bits per heavy atom. The molecule has 0 aliphatic heterocycles. The third kappa shape index (κ3) is 2.51. The average Bonchev–Trinajstić information content (AvgIpc) is 2.95. The molecule has 0 atom stereocenters. The fraction of sp³-hybridized carbons (Fsp3) is 0.364. The maximum absolute atomic E-state index is 12.3. The minimum Gasteiger partial charge on any atom is -0.379 e. The molecule has 96 valence electrons. The van der Waals surface area contributed by atoms with E-state index < -0.39 is 0 Å². The molecule has 2 N–H and O–H groups in total. The van der Waals surface area contributed by atoms with Gasteiger partial charge in [-0.1, -0.05) is 6.07 Å². The number of carbonyl (C=O) groups excluding carboxylic acids is 1. The summed E-state index contributed by atoms with van der Waals surface area (Å²) in [6.45, 7) is 4.41. The maximum atomic E-state index is 12.3. The fourth-order valence-corrected chi connectivity index (χ4v) is 2.24. The molecule has 0 aliphatic carbocycles. The third-order valence-electron chi connectivity index (χ3n) is 2.51. The SMILES string of the molecule is CC(C)N(Cc1cccs1)C(=O)c1nonc1N. The summed E-state index contributed by atoms with van der Waals surface area (Å²) in [5, 5.41) is 8.95. The van der Waals surface area contributed by atoms with Crippen LogP contribution < -0.4 is 5.73 Å². The molecule has 0 fully saturated rings. The fourth-order valence-electron chi connectivity index (χ4n) is 1.54. The van der Waals surface area contributed by atoms with Gasteiger partial charge in [0.15, 0.2) is 0 Å². The van der Waals surface area contributed by atoms with Crippen LogP contribution in [0, 0.1) is 0 Å². The molecule has 2 aromatic heterocycles. The van der Waals surface area contributed by atoms with E-state index in [1.807, 2.05) is 31.4 Å². The lowest BCUT2D eigenvalue weighted by Gasteiger charge is -2.25. The van der Waals surface area contributed by atoms with Crippen molar-refractivity contribution < 1.29 is 9.42 Å². The average molecular weight is 266 g/mol. The number of nitrogens with two attached hydrogens (primary N) is 1. The zero-order valence-corrected chi connectivity index (χ0v) is 11.0. The second kappa shape index (κ2) is 5.18. The van der Waals surface area contributed by atoms with Crippen LogP contribution in [-0.4, -0.2) is 27.2 Å². The van der Waals surface area contributed by atoms with E-state index in [1.54, 1.807) is 16.2 Å². The molecule has 1 amide bonds. The van der Waals surface area contributed by atoms with E-state index in [0.29, 0.717) is 6.54 Å². The number of carbonyl (C=O) groups is 1. The molecule has 0 unspecified atom stereocenters. The first-order valence-corrected chi connectivity index (χ1v) is 6.39. The molecule has 0 aromatic carbocycles. The van der Waals surface area contributed by atoms with Crippen molar-refractivity contribution in [2.75, 3.05) is 5.73 Å². The number of anilines is 1. The van der Waals surface area contributed by atoms with Crippen LogP contribution in [0.15, 0.2) is 22.1 Å². The molecule has 6 nitrogen and oxygen atoms in total. The molecule has 0 saturated heterocycles. The van der Waals surface area contributed by atoms with E-state index in [2.05, 4.69) is 14.9 Å². The molecule has 0 saturated carbocycles. The molecular formula is C11H14N4O2S. The first-order valence-electron chi connectivity index (χ1n) is 5.51. The Morgan fingerprint density at radius 3 is 2.83 bits per heavy atom. The van der Waals surface area contributed by atoms with E-state index >= 15 is 0 Å². The summed E-state index contributed by atoms with van der Waals surface area (Å²) in [4.78, 5) is 15.1. The van der Waals surface area contributed by atoms with Gasteiger partial charge in [-0.05, 0) is 35.6 Å². The molecule has 18 heavy (non-hydrogen) atoms. The summed E-state index contributed by atoms with van der Waals surface area (Å²) in [6, 6.07) is 3.97. The second-order valence-corrected chi connectivity index (χ2v) is 5.14. The number of hydrogen-bond acceptors (Lipinski definition) is 6. The Bertz CT molecular complexity index is 521. The van der Waals surface area contributed by atoms with Gasteiger partial charge >= 0.3 is 0 Å². The molecule has 7 heteroatoms. The highest BCUT2D eigenvalue weighted by atomic mass is 32.1. The van der Waals surface area contributed by atoms with Crippen molar-refractivity contribution in [3.8, 4) is 0 Å². The van der Waals surface area contributed by atoms with Crippen LogP contribution in [0.2, 0.25) is 0 Å². The Balaban J connectivity index is 2.20. The highest BCUT2D eigenvalue weighted by Gasteiger charge is 2.25. The van der Waals surface area contributed by atoms with Crippen LogP contribution in [-0.2, 0) is 6.54 Å². The second-order valence-electron chi connectivity index (χ2n) is 4.10. The van der Waals surface area contributed by atoms with Crippen LogP contribution >= 0.6 is 11.3 Å². The molecule has 2 aromatic rings. The Morgan fingerprint density at radius 2 is 2.33 bits per heavy atom. The lowest BCUT2D eigenvalue weighted by atomic mass is 10.2. The third-order valence-corrected chi connectivity index (χ3v) is 3.37. The van der Waals surface area contributed by atoms with Gasteiger partial charge in [0.1, 0.15) is 0 Å². The lowest BCUT2D eigenvalue weighted by molar-refractivity contribution is 0.0682. The monoisotopic (exact) mass is 266 g/mol. The summed E-state index contributed by atoms with van der Waals surface area (Å²) < 4.78 is 4.46. The Labute approximate surface area is 108 Å². The molecule has 0 radical (unpaired) electrons.